The topological polar surface area (TPSA) is 55.1 Å². The minimum absolute atomic E-state index is 0.108. The predicted octanol–water partition coefficient (Wildman–Crippen LogP) is -0.151. The van der Waals surface area contributed by atoms with Crippen molar-refractivity contribution >= 4 is 18.5 Å². The number of nitrogens with one attached hydrogen (secondary N) is 1. The Labute approximate surface area is 73.1 Å². The fourth-order valence-electron chi connectivity index (χ4n) is 0.531. The van der Waals surface area contributed by atoms with Crippen LogP contribution in [0.1, 0.15) is 13.8 Å². The van der Waals surface area contributed by atoms with Gasteiger partial charge in [0.05, 0.1) is 6.04 Å². The molecular weight excluding hydrogens is 160 g/mol. The van der Waals surface area contributed by atoms with Crippen LogP contribution in [0.5, 0.6) is 0 Å². The molecule has 0 bridgehead atoms. The molecule has 0 aliphatic rings. The first-order valence-corrected chi connectivity index (χ1v) is 3.80. The highest BCUT2D eigenvalue weighted by Gasteiger charge is 2.27. The fraction of sp³-hybridized carbons (Fsp3) is 0.714. The molecule has 0 aliphatic carbocycles. The van der Waals surface area contributed by atoms with Crippen molar-refractivity contribution < 1.29 is 4.79 Å². The summed E-state index contributed by atoms with van der Waals surface area (Å²) < 4.78 is -0.515. The van der Waals surface area contributed by atoms with E-state index in [0.717, 1.165) is 0 Å². The Hall–Kier alpha value is -0.220. The zero-order chi connectivity index (χ0) is 9.07. The van der Waals surface area contributed by atoms with E-state index in [1.807, 2.05) is 0 Å². The van der Waals surface area contributed by atoms with E-state index in [1.54, 1.807) is 13.8 Å². The lowest BCUT2D eigenvalue weighted by Crippen LogP contribution is -2.50. The molecule has 1 unspecified atom stereocenters. The highest BCUT2D eigenvalue weighted by Crippen LogP contribution is 2.15. The summed E-state index contributed by atoms with van der Waals surface area (Å²) in [5.74, 6) is -0.271. The molecule has 0 aromatic carbocycles. The van der Waals surface area contributed by atoms with Crippen LogP contribution >= 0.6 is 12.6 Å². The van der Waals surface area contributed by atoms with Crippen LogP contribution in [-0.4, -0.2) is 23.2 Å². The van der Waals surface area contributed by atoms with Gasteiger partial charge in [-0.1, -0.05) is 0 Å². The van der Waals surface area contributed by atoms with Crippen molar-refractivity contribution in [2.45, 2.75) is 24.6 Å². The van der Waals surface area contributed by atoms with Gasteiger partial charge >= 0.3 is 0 Å². The molecule has 0 aliphatic heterocycles. The van der Waals surface area contributed by atoms with Crippen LogP contribution in [0, 0.1) is 6.92 Å². The third kappa shape index (κ3) is 3.62. The van der Waals surface area contributed by atoms with Gasteiger partial charge in [0.1, 0.15) is 0 Å². The van der Waals surface area contributed by atoms with E-state index >= 15 is 0 Å². The van der Waals surface area contributed by atoms with Crippen molar-refractivity contribution in [1.82, 2.24) is 5.32 Å². The van der Waals surface area contributed by atoms with Crippen LogP contribution in [-0.2, 0) is 4.79 Å². The smallest absolute Gasteiger partial charge is 0.238 e. The Bertz CT molecular complexity index is 142. The van der Waals surface area contributed by atoms with E-state index in [-0.39, 0.29) is 12.5 Å². The van der Waals surface area contributed by atoms with E-state index in [2.05, 4.69) is 17.9 Å². The van der Waals surface area contributed by atoms with Gasteiger partial charge in [0.25, 0.3) is 0 Å². The third-order valence-electron chi connectivity index (χ3n) is 1.32. The van der Waals surface area contributed by atoms with Crippen molar-refractivity contribution in [3.8, 4) is 0 Å². The first-order valence-electron chi connectivity index (χ1n) is 3.35. The largest absolute Gasteiger partial charge is 0.354 e. The normalized spacial score (nSPS) is 14.3. The summed E-state index contributed by atoms with van der Waals surface area (Å²) in [5, 5.41) is 2.42. The number of carbonyl (C=O) groups excluding carboxylic acids is 1. The second kappa shape index (κ2) is 3.97. The molecular formula is C7H14N2OS. The average molecular weight is 174 g/mol. The number of thiol groups is 1. The van der Waals surface area contributed by atoms with Crippen molar-refractivity contribution in [3.05, 3.63) is 6.92 Å². The molecule has 1 amide bonds. The number of amides is 1. The van der Waals surface area contributed by atoms with E-state index < -0.39 is 10.8 Å². The standard InChI is InChI=1S/C7H14N2OS/c1-4-9-6(10)5(8)7(2,3)11/h1,5,11H,4,8H2,2-3H3,(H,9,10). The predicted molar refractivity (Wildman–Crippen MR) is 48.4 cm³/mol. The van der Waals surface area contributed by atoms with Gasteiger partial charge in [-0.3, -0.25) is 4.79 Å². The van der Waals surface area contributed by atoms with Gasteiger partial charge in [0, 0.05) is 11.3 Å². The Morgan fingerprint density at radius 3 is 2.55 bits per heavy atom. The van der Waals surface area contributed by atoms with E-state index in [4.69, 9.17) is 12.7 Å². The minimum Gasteiger partial charge on any atom is -0.354 e. The molecule has 3 nitrogen and oxygen atoms in total. The molecule has 0 saturated heterocycles. The van der Waals surface area contributed by atoms with Crippen molar-refractivity contribution in [1.29, 1.82) is 0 Å². The summed E-state index contributed by atoms with van der Waals surface area (Å²) in [4.78, 5) is 11.0. The second-order valence-electron chi connectivity index (χ2n) is 2.88. The van der Waals surface area contributed by atoms with Gasteiger partial charge in [-0.25, -0.2) is 0 Å². The first-order chi connectivity index (χ1) is 4.89. The Balaban J connectivity index is 4.03. The highest BCUT2D eigenvalue weighted by molar-refractivity contribution is 7.81. The van der Waals surface area contributed by atoms with Gasteiger partial charge in [0.2, 0.25) is 5.91 Å². The molecule has 3 N–H and O–H groups in total. The Morgan fingerprint density at radius 2 is 2.27 bits per heavy atom. The SMILES string of the molecule is [CH]CNC(=O)C(N)C(C)(C)S. The molecule has 4 heteroatoms. The molecule has 0 saturated carbocycles. The highest BCUT2D eigenvalue weighted by atomic mass is 32.1. The first kappa shape index (κ1) is 10.8. The molecule has 0 aromatic heterocycles. The lowest BCUT2D eigenvalue weighted by atomic mass is 10.0. The summed E-state index contributed by atoms with van der Waals surface area (Å²) in [6.07, 6.45) is 0. The molecule has 11 heavy (non-hydrogen) atoms. The maximum Gasteiger partial charge on any atom is 0.238 e. The zero-order valence-corrected chi connectivity index (χ0v) is 7.69. The monoisotopic (exact) mass is 174 g/mol. The molecule has 1 atom stereocenters. The molecule has 0 aromatic rings. The van der Waals surface area contributed by atoms with Gasteiger partial charge in [-0.2, -0.15) is 12.6 Å². The van der Waals surface area contributed by atoms with Crippen LogP contribution in [0.2, 0.25) is 0 Å². The summed E-state index contributed by atoms with van der Waals surface area (Å²) in [6, 6.07) is -0.630. The summed E-state index contributed by atoms with van der Waals surface area (Å²) in [5.41, 5.74) is 5.54. The van der Waals surface area contributed by atoms with Crippen molar-refractivity contribution in [2.24, 2.45) is 5.73 Å². The number of nitrogens with two attached hydrogens (primary N) is 1. The fourth-order valence-corrected chi connectivity index (χ4v) is 0.649. The molecule has 0 spiro atoms. The molecule has 0 heterocycles. The van der Waals surface area contributed by atoms with Gasteiger partial charge in [0.15, 0.2) is 0 Å². The van der Waals surface area contributed by atoms with Crippen LogP contribution in [0.15, 0.2) is 0 Å². The van der Waals surface area contributed by atoms with Crippen molar-refractivity contribution in [3.63, 3.8) is 0 Å². The molecule has 64 valence electrons. The van der Waals surface area contributed by atoms with Crippen LogP contribution in [0.3, 0.4) is 0 Å². The summed E-state index contributed by atoms with van der Waals surface area (Å²) in [6.45, 7) is 8.75. The maximum atomic E-state index is 11.0. The average Bonchev–Trinajstić information content (AvgIpc) is 1.85. The van der Waals surface area contributed by atoms with Gasteiger partial charge in [-0.15, -0.1) is 0 Å². The van der Waals surface area contributed by atoms with Crippen molar-refractivity contribution in [2.75, 3.05) is 6.54 Å². The van der Waals surface area contributed by atoms with E-state index in [0.29, 0.717) is 0 Å². The van der Waals surface area contributed by atoms with Gasteiger partial charge < -0.3 is 11.1 Å². The number of hydrogen-bond acceptors (Lipinski definition) is 3. The van der Waals surface area contributed by atoms with Gasteiger partial charge in [-0.05, 0) is 20.8 Å². The zero-order valence-electron chi connectivity index (χ0n) is 6.79. The number of hydrogen-bond donors (Lipinski definition) is 3. The Kier molecular flexibility index (Phi) is 3.89. The summed E-state index contributed by atoms with van der Waals surface area (Å²) >= 11 is 4.16. The lowest BCUT2D eigenvalue weighted by Gasteiger charge is -2.24. The third-order valence-corrected chi connectivity index (χ3v) is 1.60. The van der Waals surface area contributed by atoms with Crippen LogP contribution in [0.4, 0.5) is 0 Å². The molecule has 0 fully saturated rings. The minimum atomic E-state index is -0.630. The maximum absolute atomic E-state index is 11.0. The van der Waals surface area contributed by atoms with E-state index in [1.165, 1.54) is 0 Å². The van der Waals surface area contributed by atoms with Crippen LogP contribution in [0.25, 0.3) is 0 Å². The number of rotatable bonds is 3. The second-order valence-corrected chi connectivity index (χ2v) is 4.03. The summed E-state index contributed by atoms with van der Waals surface area (Å²) in [7, 11) is 0. The molecule has 0 rings (SSSR count). The lowest BCUT2D eigenvalue weighted by molar-refractivity contribution is -0.122. The molecule has 2 radical (unpaired) electrons. The van der Waals surface area contributed by atoms with Crippen LogP contribution < -0.4 is 11.1 Å². The number of carbonyl (C=O) groups is 1. The quantitative estimate of drug-likeness (QED) is 0.521. The Morgan fingerprint density at radius 1 is 1.82 bits per heavy atom. The van der Waals surface area contributed by atoms with E-state index in [9.17, 15) is 4.79 Å².